The zero-order valence-electron chi connectivity index (χ0n) is 9.60. The maximum absolute atomic E-state index is 5.14. The Morgan fingerprint density at radius 3 is 2.39 bits per heavy atom. The minimum absolute atomic E-state index is 0.821. The van der Waals surface area contributed by atoms with Gasteiger partial charge >= 0.3 is 0 Å². The minimum Gasteiger partial charge on any atom is -0.497 e. The third-order valence-electron chi connectivity index (χ3n) is 2.25. The number of halogens is 2. The molecular formula is C13H10BrIN2O. The summed E-state index contributed by atoms with van der Waals surface area (Å²) in [6.45, 7) is 0. The Labute approximate surface area is 128 Å². The van der Waals surface area contributed by atoms with Crippen LogP contribution < -0.4 is 4.74 Å². The summed E-state index contributed by atoms with van der Waals surface area (Å²) in [7, 11) is 1.65. The van der Waals surface area contributed by atoms with Crippen molar-refractivity contribution in [2.75, 3.05) is 7.11 Å². The number of benzene rings is 2. The lowest BCUT2D eigenvalue weighted by molar-refractivity contribution is 0.414. The molecule has 0 radical (unpaired) electrons. The molecule has 0 bridgehead atoms. The summed E-state index contributed by atoms with van der Waals surface area (Å²) in [6, 6.07) is 13.4. The van der Waals surface area contributed by atoms with E-state index < -0.39 is 0 Å². The predicted molar refractivity (Wildman–Crippen MR) is 84.0 cm³/mol. The highest BCUT2D eigenvalue weighted by atomic mass is 127. The van der Waals surface area contributed by atoms with Crippen LogP contribution in [-0.4, -0.2) is 7.11 Å². The summed E-state index contributed by atoms with van der Waals surface area (Å²) in [4.78, 5) is 0. The molecule has 0 aromatic heterocycles. The summed E-state index contributed by atoms with van der Waals surface area (Å²) in [6.07, 6.45) is 0. The van der Waals surface area contributed by atoms with E-state index in [0.29, 0.717) is 0 Å². The zero-order valence-corrected chi connectivity index (χ0v) is 13.3. The second-order valence-corrected chi connectivity index (χ2v) is 5.57. The average molecular weight is 417 g/mol. The summed E-state index contributed by atoms with van der Waals surface area (Å²) >= 11 is 5.60. The van der Waals surface area contributed by atoms with Crippen molar-refractivity contribution < 1.29 is 4.74 Å². The van der Waals surface area contributed by atoms with Crippen molar-refractivity contribution in [2.24, 2.45) is 10.2 Å². The SMILES string of the molecule is COc1ccc(N=Nc2ccc(Br)cc2)c(I)c1. The number of hydrogen-bond donors (Lipinski definition) is 0. The summed E-state index contributed by atoms with van der Waals surface area (Å²) in [5, 5.41) is 8.42. The summed E-state index contributed by atoms with van der Waals surface area (Å²) in [5.41, 5.74) is 1.66. The van der Waals surface area contributed by atoms with Gasteiger partial charge in [-0.05, 0) is 65.1 Å². The third kappa shape index (κ3) is 3.52. The number of hydrogen-bond acceptors (Lipinski definition) is 3. The highest BCUT2D eigenvalue weighted by molar-refractivity contribution is 14.1. The quantitative estimate of drug-likeness (QED) is 0.482. The van der Waals surface area contributed by atoms with Crippen molar-refractivity contribution in [3.8, 4) is 5.75 Å². The molecule has 0 atom stereocenters. The van der Waals surface area contributed by atoms with Gasteiger partial charge in [0.25, 0.3) is 0 Å². The molecule has 92 valence electrons. The Morgan fingerprint density at radius 2 is 1.78 bits per heavy atom. The van der Waals surface area contributed by atoms with Gasteiger partial charge in [-0.1, -0.05) is 15.9 Å². The summed E-state index contributed by atoms with van der Waals surface area (Å²) < 4.78 is 7.18. The monoisotopic (exact) mass is 416 g/mol. The molecule has 0 aliphatic rings. The van der Waals surface area contributed by atoms with Gasteiger partial charge in [0.15, 0.2) is 0 Å². The highest BCUT2D eigenvalue weighted by Gasteiger charge is 2.00. The van der Waals surface area contributed by atoms with E-state index in [-0.39, 0.29) is 0 Å². The number of azo groups is 1. The minimum atomic E-state index is 0.821. The Bertz CT molecular complexity index is 570. The van der Waals surface area contributed by atoms with E-state index in [2.05, 4.69) is 48.7 Å². The Hall–Kier alpha value is -0.950. The van der Waals surface area contributed by atoms with E-state index in [1.807, 2.05) is 42.5 Å². The molecule has 0 fully saturated rings. The molecule has 0 aliphatic carbocycles. The number of nitrogens with zero attached hydrogens (tertiary/aromatic N) is 2. The lowest BCUT2D eigenvalue weighted by atomic mass is 10.3. The van der Waals surface area contributed by atoms with Gasteiger partial charge in [-0.3, -0.25) is 0 Å². The van der Waals surface area contributed by atoms with E-state index in [4.69, 9.17) is 4.74 Å². The number of ether oxygens (including phenoxy) is 1. The van der Waals surface area contributed by atoms with Crippen LogP contribution in [0.1, 0.15) is 0 Å². The first-order valence-corrected chi connectivity index (χ1v) is 7.07. The van der Waals surface area contributed by atoms with Crippen molar-refractivity contribution in [1.82, 2.24) is 0 Å². The molecule has 0 unspecified atom stereocenters. The first-order chi connectivity index (χ1) is 8.69. The van der Waals surface area contributed by atoms with Gasteiger partial charge in [-0.15, -0.1) is 5.11 Å². The molecule has 3 nitrogen and oxygen atoms in total. The van der Waals surface area contributed by atoms with Crippen molar-refractivity contribution >= 4 is 49.9 Å². The van der Waals surface area contributed by atoms with E-state index in [0.717, 1.165) is 25.2 Å². The van der Waals surface area contributed by atoms with Crippen LogP contribution >= 0.6 is 38.5 Å². The van der Waals surface area contributed by atoms with Crippen LogP contribution in [0.4, 0.5) is 11.4 Å². The Morgan fingerprint density at radius 1 is 1.06 bits per heavy atom. The third-order valence-corrected chi connectivity index (χ3v) is 3.65. The Balaban J connectivity index is 2.20. The fourth-order valence-corrected chi connectivity index (χ4v) is 2.17. The van der Waals surface area contributed by atoms with Crippen molar-refractivity contribution in [1.29, 1.82) is 0 Å². The van der Waals surface area contributed by atoms with Crippen LogP contribution in [0, 0.1) is 3.57 Å². The summed E-state index contributed by atoms with van der Waals surface area (Å²) in [5.74, 6) is 0.821. The molecule has 2 aromatic rings. The lowest BCUT2D eigenvalue weighted by Gasteiger charge is -2.01. The molecule has 0 saturated carbocycles. The molecule has 0 saturated heterocycles. The molecule has 5 heteroatoms. The predicted octanol–water partition coefficient (Wildman–Crippen LogP) is 5.48. The van der Waals surface area contributed by atoms with E-state index in [9.17, 15) is 0 Å². The Kier molecular flexibility index (Phi) is 4.71. The second kappa shape index (κ2) is 6.29. The van der Waals surface area contributed by atoms with Crippen molar-refractivity contribution in [3.63, 3.8) is 0 Å². The zero-order chi connectivity index (χ0) is 13.0. The molecule has 2 aromatic carbocycles. The van der Waals surface area contributed by atoms with E-state index >= 15 is 0 Å². The first kappa shape index (κ1) is 13.5. The number of rotatable bonds is 3. The van der Waals surface area contributed by atoms with Crippen molar-refractivity contribution in [3.05, 3.63) is 50.5 Å². The standard InChI is InChI=1S/C13H10BrIN2O/c1-18-11-6-7-13(12(15)8-11)17-16-10-4-2-9(14)3-5-10/h2-8H,1H3. The van der Waals surface area contributed by atoms with E-state index in [1.165, 1.54) is 0 Å². The van der Waals surface area contributed by atoms with Crippen molar-refractivity contribution in [2.45, 2.75) is 0 Å². The van der Waals surface area contributed by atoms with Gasteiger partial charge in [0.1, 0.15) is 5.75 Å². The van der Waals surface area contributed by atoms with Gasteiger partial charge in [-0.25, -0.2) is 0 Å². The van der Waals surface area contributed by atoms with Crippen LogP contribution in [0.15, 0.2) is 57.2 Å². The van der Waals surface area contributed by atoms with Gasteiger partial charge in [0.2, 0.25) is 0 Å². The maximum atomic E-state index is 5.14. The van der Waals surface area contributed by atoms with Gasteiger partial charge in [0.05, 0.1) is 18.5 Å². The molecule has 18 heavy (non-hydrogen) atoms. The average Bonchev–Trinajstić information content (AvgIpc) is 2.39. The number of methoxy groups -OCH3 is 1. The fraction of sp³-hybridized carbons (Fsp3) is 0.0769. The first-order valence-electron chi connectivity index (χ1n) is 5.20. The molecule has 0 spiro atoms. The topological polar surface area (TPSA) is 34.0 Å². The fourth-order valence-electron chi connectivity index (χ4n) is 1.32. The van der Waals surface area contributed by atoms with Crippen LogP contribution in [0.25, 0.3) is 0 Å². The smallest absolute Gasteiger partial charge is 0.120 e. The molecule has 0 heterocycles. The molecule has 0 aliphatic heterocycles. The largest absolute Gasteiger partial charge is 0.497 e. The van der Waals surface area contributed by atoms with Crippen LogP contribution in [0.5, 0.6) is 5.75 Å². The molecule has 0 amide bonds. The van der Waals surface area contributed by atoms with Gasteiger partial charge < -0.3 is 4.74 Å². The normalized spacial score (nSPS) is 10.8. The molecule has 2 rings (SSSR count). The van der Waals surface area contributed by atoms with E-state index in [1.54, 1.807) is 7.11 Å². The van der Waals surface area contributed by atoms with Crippen LogP contribution in [0.2, 0.25) is 0 Å². The lowest BCUT2D eigenvalue weighted by Crippen LogP contribution is -1.82. The maximum Gasteiger partial charge on any atom is 0.120 e. The molecular weight excluding hydrogens is 407 g/mol. The molecule has 0 N–H and O–H groups in total. The van der Waals surface area contributed by atoms with Crippen LogP contribution in [0.3, 0.4) is 0 Å². The van der Waals surface area contributed by atoms with Gasteiger partial charge in [-0.2, -0.15) is 5.11 Å². The van der Waals surface area contributed by atoms with Gasteiger partial charge in [0, 0.05) is 8.04 Å². The second-order valence-electron chi connectivity index (χ2n) is 3.49. The van der Waals surface area contributed by atoms with Crippen LogP contribution in [-0.2, 0) is 0 Å². The highest BCUT2D eigenvalue weighted by Crippen LogP contribution is 2.27.